The van der Waals surface area contributed by atoms with Crippen molar-refractivity contribution in [2.75, 3.05) is 5.73 Å². The molecule has 0 bridgehead atoms. The highest BCUT2D eigenvalue weighted by Crippen LogP contribution is 2.06. The topological polar surface area (TPSA) is 69.1 Å². The lowest BCUT2D eigenvalue weighted by Crippen LogP contribution is -2.26. The van der Waals surface area contributed by atoms with Crippen molar-refractivity contribution in [2.24, 2.45) is 5.73 Å². The Morgan fingerprint density at radius 2 is 1.83 bits per heavy atom. The van der Waals surface area contributed by atoms with Crippen LogP contribution in [0.2, 0.25) is 0 Å². The maximum atomic E-state index is 11.3. The monoisotopic (exact) mass is 164 g/mol. The molecule has 1 atom stereocenters. The third kappa shape index (κ3) is 1.83. The van der Waals surface area contributed by atoms with Crippen LogP contribution in [-0.2, 0) is 0 Å². The SMILES string of the molecule is CC(N)C(=O)c1ccc(N)cc1. The van der Waals surface area contributed by atoms with Crippen LogP contribution in [0.4, 0.5) is 5.69 Å². The normalized spacial score (nSPS) is 12.5. The van der Waals surface area contributed by atoms with Crippen LogP contribution in [0.1, 0.15) is 17.3 Å². The molecular weight excluding hydrogens is 152 g/mol. The van der Waals surface area contributed by atoms with Crippen molar-refractivity contribution in [3.05, 3.63) is 29.8 Å². The Morgan fingerprint density at radius 3 is 2.25 bits per heavy atom. The Balaban J connectivity index is 2.90. The van der Waals surface area contributed by atoms with Gasteiger partial charge in [0.05, 0.1) is 6.04 Å². The second-order valence-electron chi connectivity index (χ2n) is 2.77. The Kier molecular flexibility index (Phi) is 2.45. The van der Waals surface area contributed by atoms with Crippen LogP contribution >= 0.6 is 0 Å². The molecule has 64 valence electrons. The highest BCUT2D eigenvalue weighted by molar-refractivity contribution is 5.99. The van der Waals surface area contributed by atoms with Gasteiger partial charge in [0.2, 0.25) is 0 Å². The highest BCUT2D eigenvalue weighted by Gasteiger charge is 2.09. The molecule has 1 unspecified atom stereocenters. The van der Waals surface area contributed by atoms with Crippen LogP contribution in [-0.4, -0.2) is 11.8 Å². The predicted molar refractivity (Wildman–Crippen MR) is 48.8 cm³/mol. The summed E-state index contributed by atoms with van der Waals surface area (Å²) < 4.78 is 0. The first-order chi connectivity index (χ1) is 5.61. The van der Waals surface area contributed by atoms with Crippen LogP contribution in [0.5, 0.6) is 0 Å². The molecule has 0 fully saturated rings. The Hall–Kier alpha value is -1.35. The second kappa shape index (κ2) is 3.36. The lowest BCUT2D eigenvalue weighted by molar-refractivity contribution is 0.0968. The Morgan fingerprint density at radius 1 is 1.33 bits per heavy atom. The number of hydrogen-bond donors (Lipinski definition) is 2. The zero-order chi connectivity index (χ0) is 9.14. The van der Waals surface area contributed by atoms with Gasteiger partial charge >= 0.3 is 0 Å². The molecule has 0 radical (unpaired) electrons. The summed E-state index contributed by atoms with van der Waals surface area (Å²) in [6.45, 7) is 1.67. The summed E-state index contributed by atoms with van der Waals surface area (Å²) >= 11 is 0. The van der Waals surface area contributed by atoms with Crippen molar-refractivity contribution >= 4 is 11.5 Å². The fourth-order valence-electron chi connectivity index (χ4n) is 0.910. The first-order valence-corrected chi connectivity index (χ1v) is 3.76. The van der Waals surface area contributed by atoms with Gasteiger partial charge in [0.25, 0.3) is 0 Å². The van der Waals surface area contributed by atoms with E-state index in [1.807, 2.05) is 0 Å². The van der Waals surface area contributed by atoms with Crippen LogP contribution < -0.4 is 11.5 Å². The average Bonchev–Trinajstić information content (AvgIpc) is 2.04. The van der Waals surface area contributed by atoms with Crippen molar-refractivity contribution < 1.29 is 4.79 Å². The number of Topliss-reactive ketones (excluding diaryl/α,β-unsaturated/α-hetero) is 1. The maximum absolute atomic E-state index is 11.3. The molecule has 0 heterocycles. The van der Waals surface area contributed by atoms with Gasteiger partial charge in [0.1, 0.15) is 0 Å². The van der Waals surface area contributed by atoms with Crippen LogP contribution in [0, 0.1) is 0 Å². The van der Waals surface area contributed by atoms with Gasteiger partial charge in [-0.3, -0.25) is 4.79 Å². The molecule has 1 rings (SSSR count). The van der Waals surface area contributed by atoms with Gasteiger partial charge in [-0.05, 0) is 31.2 Å². The van der Waals surface area contributed by atoms with Gasteiger partial charge in [0.15, 0.2) is 5.78 Å². The number of carbonyl (C=O) groups excluding carboxylic acids is 1. The van der Waals surface area contributed by atoms with Gasteiger partial charge in [-0.25, -0.2) is 0 Å². The van der Waals surface area contributed by atoms with Crippen LogP contribution in [0.25, 0.3) is 0 Å². The van der Waals surface area contributed by atoms with Crippen molar-refractivity contribution in [1.82, 2.24) is 0 Å². The van der Waals surface area contributed by atoms with Gasteiger partial charge in [-0.2, -0.15) is 0 Å². The Bertz CT molecular complexity index is 277. The first-order valence-electron chi connectivity index (χ1n) is 3.76. The molecular formula is C9H12N2O. The van der Waals surface area contributed by atoms with E-state index in [2.05, 4.69) is 0 Å². The summed E-state index contributed by atoms with van der Waals surface area (Å²) in [6, 6.07) is 6.29. The zero-order valence-electron chi connectivity index (χ0n) is 6.95. The smallest absolute Gasteiger partial charge is 0.179 e. The number of ketones is 1. The fraction of sp³-hybridized carbons (Fsp3) is 0.222. The van der Waals surface area contributed by atoms with E-state index in [4.69, 9.17) is 11.5 Å². The molecule has 3 heteroatoms. The van der Waals surface area contributed by atoms with E-state index in [0.29, 0.717) is 11.3 Å². The molecule has 0 aliphatic heterocycles. The number of nitrogen functional groups attached to an aromatic ring is 1. The minimum atomic E-state index is -0.450. The number of rotatable bonds is 2. The average molecular weight is 164 g/mol. The molecule has 0 spiro atoms. The predicted octanol–water partition coefficient (Wildman–Crippen LogP) is 0.799. The molecule has 0 aliphatic carbocycles. The van der Waals surface area contributed by atoms with Crippen molar-refractivity contribution in [3.63, 3.8) is 0 Å². The summed E-state index contributed by atoms with van der Waals surface area (Å²) in [5.74, 6) is -0.0602. The quantitative estimate of drug-likeness (QED) is 0.501. The van der Waals surface area contributed by atoms with Gasteiger partial charge in [-0.15, -0.1) is 0 Å². The van der Waals surface area contributed by atoms with Crippen LogP contribution in [0.15, 0.2) is 24.3 Å². The Labute approximate surface area is 71.4 Å². The van der Waals surface area contributed by atoms with Crippen LogP contribution in [0.3, 0.4) is 0 Å². The molecule has 0 saturated carbocycles. The standard InChI is InChI=1S/C9H12N2O/c1-6(10)9(12)7-2-4-8(11)5-3-7/h2-6H,10-11H2,1H3. The van der Waals surface area contributed by atoms with Gasteiger partial charge in [-0.1, -0.05) is 0 Å². The summed E-state index contributed by atoms with van der Waals surface area (Å²) in [5.41, 5.74) is 12.1. The van der Waals surface area contributed by atoms with Gasteiger partial charge < -0.3 is 11.5 Å². The molecule has 3 nitrogen and oxygen atoms in total. The fourth-order valence-corrected chi connectivity index (χ4v) is 0.910. The minimum Gasteiger partial charge on any atom is -0.399 e. The van der Waals surface area contributed by atoms with E-state index in [1.54, 1.807) is 31.2 Å². The number of nitrogens with two attached hydrogens (primary N) is 2. The van der Waals surface area contributed by atoms with E-state index in [1.165, 1.54) is 0 Å². The van der Waals surface area contributed by atoms with E-state index >= 15 is 0 Å². The lowest BCUT2D eigenvalue weighted by atomic mass is 10.1. The molecule has 0 amide bonds. The largest absolute Gasteiger partial charge is 0.399 e. The van der Waals surface area contributed by atoms with E-state index < -0.39 is 6.04 Å². The molecule has 12 heavy (non-hydrogen) atoms. The summed E-state index contributed by atoms with van der Waals surface area (Å²) in [7, 11) is 0. The number of anilines is 1. The third-order valence-corrected chi connectivity index (χ3v) is 1.61. The first kappa shape index (κ1) is 8.74. The maximum Gasteiger partial charge on any atom is 0.179 e. The molecule has 0 aromatic heterocycles. The second-order valence-corrected chi connectivity index (χ2v) is 2.77. The number of hydrogen-bond acceptors (Lipinski definition) is 3. The lowest BCUT2D eigenvalue weighted by Gasteiger charge is -2.03. The molecule has 4 N–H and O–H groups in total. The third-order valence-electron chi connectivity index (χ3n) is 1.61. The molecule has 0 aliphatic rings. The number of carbonyl (C=O) groups is 1. The number of benzene rings is 1. The van der Waals surface area contributed by atoms with Crippen molar-refractivity contribution in [1.29, 1.82) is 0 Å². The van der Waals surface area contributed by atoms with Crippen molar-refractivity contribution in [2.45, 2.75) is 13.0 Å². The molecule has 1 aromatic rings. The van der Waals surface area contributed by atoms with Gasteiger partial charge in [0, 0.05) is 11.3 Å². The molecule has 1 aromatic carbocycles. The zero-order valence-corrected chi connectivity index (χ0v) is 6.95. The van der Waals surface area contributed by atoms with Crippen molar-refractivity contribution in [3.8, 4) is 0 Å². The van der Waals surface area contributed by atoms with E-state index in [9.17, 15) is 4.79 Å². The van der Waals surface area contributed by atoms with E-state index in [-0.39, 0.29) is 5.78 Å². The van der Waals surface area contributed by atoms with E-state index in [0.717, 1.165) is 0 Å². The minimum absolute atomic E-state index is 0.0602. The summed E-state index contributed by atoms with van der Waals surface area (Å²) in [6.07, 6.45) is 0. The summed E-state index contributed by atoms with van der Waals surface area (Å²) in [4.78, 5) is 11.3. The highest BCUT2D eigenvalue weighted by atomic mass is 16.1. The summed E-state index contributed by atoms with van der Waals surface area (Å²) in [5, 5.41) is 0. The molecule has 0 saturated heterocycles.